The standard InChI is InChI=1S/C29H22N6O/c1-18-13-15-21(16-14-18)26-31-27-25-24(20-9-5-3-6-10-20)23-19(2)32-35(22-11-7-4-8-12-22)29(23)36-28(25)30-17-34(27)33-26/h3-17,24H,1-2H3. The number of aromatic nitrogens is 6. The van der Waals surface area contributed by atoms with E-state index in [0.717, 1.165) is 39.3 Å². The Morgan fingerprint density at radius 2 is 1.50 bits per heavy atom. The lowest BCUT2D eigenvalue weighted by Gasteiger charge is -2.26. The number of para-hydroxylation sites is 1. The van der Waals surface area contributed by atoms with Crippen LogP contribution >= 0.6 is 0 Å². The summed E-state index contributed by atoms with van der Waals surface area (Å²) in [5, 5.41) is 9.63. The molecule has 3 aromatic heterocycles. The third-order valence-corrected chi connectivity index (χ3v) is 6.66. The molecule has 7 nitrogen and oxygen atoms in total. The van der Waals surface area contributed by atoms with Gasteiger partial charge in [-0.2, -0.15) is 5.10 Å². The molecule has 3 aromatic carbocycles. The Balaban J connectivity index is 1.48. The summed E-state index contributed by atoms with van der Waals surface area (Å²) in [5.41, 5.74) is 7.72. The fraction of sp³-hybridized carbons (Fsp3) is 0.103. The van der Waals surface area contributed by atoms with Gasteiger partial charge in [0.25, 0.3) is 0 Å². The predicted octanol–water partition coefficient (Wildman–Crippen LogP) is 5.88. The predicted molar refractivity (Wildman–Crippen MR) is 137 cm³/mol. The summed E-state index contributed by atoms with van der Waals surface area (Å²) in [4.78, 5) is 9.66. The van der Waals surface area contributed by atoms with Crippen LogP contribution in [0.1, 0.15) is 33.9 Å². The van der Waals surface area contributed by atoms with Crippen molar-refractivity contribution in [2.45, 2.75) is 19.8 Å². The summed E-state index contributed by atoms with van der Waals surface area (Å²) in [5.74, 6) is 1.69. The molecule has 7 rings (SSSR count). The van der Waals surface area contributed by atoms with E-state index in [-0.39, 0.29) is 5.92 Å². The van der Waals surface area contributed by atoms with Crippen molar-refractivity contribution in [1.29, 1.82) is 0 Å². The van der Waals surface area contributed by atoms with Crippen LogP contribution in [-0.2, 0) is 0 Å². The number of benzene rings is 3. The van der Waals surface area contributed by atoms with E-state index in [0.29, 0.717) is 17.6 Å². The highest BCUT2D eigenvalue weighted by atomic mass is 16.5. The Morgan fingerprint density at radius 1 is 0.778 bits per heavy atom. The fourth-order valence-electron chi connectivity index (χ4n) is 4.93. The second-order valence-electron chi connectivity index (χ2n) is 9.03. The van der Waals surface area contributed by atoms with E-state index in [1.165, 1.54) is 5.56 Å². The van der Waals surface area contributed by atoms with Crippen molar-refractivity contribution in [2.24, 2.45) is 0 Å². The van der Waals surface area contributed by atoms with Crippen LogP contribution in [0.5, 0.6) is 11.8 Å². The SMILES string of the molecule is Cc1ccc(-c2nc3c4c(ncn3n2)Oc2c(c(C)nn2-c2ccccc2)C4c2ccccc2)cc1. The molecule has 0 aliphatic carbocycles. The first kappa shape index (κ1) is 20.6. The van der Waals surface area contributed by atoms with Gasteiger partial charge in [-0.05, 0) is 31.5 Å². The molecule has 0 radical (unpaired) electrons. The van der Waals surface area contributed by atoms with Crippen molar-refractivity contribution in [1.82, 2.24) is 29.4 Å². The smallest absolute Gasteiger partial charge is 0.230 e. The van der Waals surface area contributed by atoms with Crippen LogP contribution in [0.15, 0.2) is 91.3 Å². The van der Waals surface area contributed by atoms with Crippen molar-refractivity contribution in [3.05, 3.63) is 119 Å². The molecule has 1 unspecified atom stereocenters. The van der Waals surface area contributed by atoms with Gasteiger partial charge in [-0.15, -0.1) is 5.10 Å². The van der Waals surface area contributed by atoms with Gasteiger partial charge in [0.1, 0.15) is 6.33 Å². The maximum atomic E-state index is 6.48. The first-order valence-corrected chi connectivity index (χ1v) is 11.9. The Labute approximate surface area is 207 Å². The highest BCUT2D eigenvalue weighted by Gasteiger charge is 2.38. The molecule has 174 valence electrons. The van der Waals surface area contributed by atoms with E-state index in [1.54, 1.807) is 10.8 Å². The Morgan fingerprint density at radius 3 is 2.25 bits per heavy atom. The first-order valence-electron chi connectivity index (χ1n) is 11.9. The second-order valence-corrected chi connectivity index (χ2v) is 9.03. The van der Waals surface area contributed by atoms with Crippen LogP contribution in [0.25, 0.3) is 22.7 Å². The van der Waals surface area contributed by atoms with Crippen molar-refractivity contribution in [3.63, 3.8) is 0 Å². The summed E-state index contributed by atoms with van der Waals surface area (Å²) in [7, 11) is 0. The molecule has 0 amide bonds. The molecule has 0 saturated heterocycles. The van der Waals surface area contributed by atoms with Crippen molar-refractivity contribution in [3.8, 4) is 28.8 Å². The van der Waals surface area contributed by atoms with E-state index in [9.17, 15) is 0 Å². The van der Waals surface area contributed by atoms with Gasteiger partial charge in [0.15, 0.2) is 11.5 Å². The van der Waals surface area contributed by atoms with Crippen molar-refractivity contribution >= 4 is 5.65 Å². The summed E-state index contributed by atoms with van der Waals surface area (Å²) < 4.78 is 10.1. The average Bonchev–Trinajstić information content (AvgIpc) is 3.50. The Hall–Kier alpha value is -4.78. The highest BCUT2D eigenvalue weighted by Crippen LogP contribution is 2.49. The van der Waals surface area contributed by atoms with Gasteiger partial charge < -0.3 is 4.74 Å². The van der Waals surface area contributed by atoms with Crippen molar-refractivity contribution < 1.29 is 4.74 Å². The van der Waals surface area contributed by atoms with Gasteiger partial charge in [-0.1, -0.05) is 78.4 Å². The average molecular weight is 471 g/mol. The quantitative estimate of drug-likeness (QED) is 0.323. The largest absolute Gasteiger partial charge is 0.420 e. The molecule has 4 heterocycles. The van der Waals surface area contributed by atoms with Gasteiger partial charge in [0, 0.05) is 5.56 Å². The van der Waals surface area contributed by atoms with E-state index < -0.39 is 0 Å². The summed E-state index contributed by atoms with van der Waals surface area (Å²) >= 11 is 0. The molecule has 0 saturated carbocycles. The third-order valence-electron chi connectivity index (χ3n) is 6.66. The fourth-order valence-corrected chi connectivity index (χ4v) is 4.93. The second kappa shape index (κ2) is 7.88. The van der Waals surface area contributed by atoms with Gasteiger partial charge >= 0.3 is 0 Å². The zero-order valence-electron chi connectivity index (χ0n) is 19.8. The van der Waals surface area contributed by atoms with Crippen LogP contribution < -0.4 is 4.74 Å². The number of hydrogen-bond donors (Lipinski definition) is 0. The number of ether oxygens (including phenoxy) is 1. The molecule has 0 bridgehead atoms. The summed E-state index contributed by atoms with van der Waals surface area (Å²) in [6.07, 6.45) is 1.67. The minimum Gasteiger partial charge on any atom is -0.420 e. The van der Waals surface area contributed by atoms with Crippen molar-refractivity contribution in [2.75, 3.05) is 0 Å². The number of rotatable bonds is 3. The van der Waals surface area contributed by atoms with Crippen LogP contribution in [0.2, 0.25) is 0 Å². The molecule has 0 spiro atoms. The van der Waals surface area contributed by atoms with E-state index in [1.807, 2.05) is 60.1 Å². The Kier molecular flexibility index (Phi) is 4.51. The maximum absolute atomic E-state index is 6.48. The number of hydrogen-bond acceptors (Lipinski definition) is 5. The van der Waals surface area contributed by atoms with Crippen LogP contribution in [0.3, 0.4) is 0 Å². The molecule has 0 N–H and O–H groups in total. The lowest BCUT2D eigenvalue weighted by Crippen LogP contribution is -2.16. The normalized spacial score (nSPS) is 14.3. The third kappa shape index (κ3) is 3.13. The number of aryl methyl sites for hydroxylation is 2. The lowest BCUT2D eigenvalue weighted by atomic mass is 9.84. The van der Waals surface area contributed by atoms with Crippen LogP contribution in [-0.4, -0.2) is 29.4 Å². The first-order chi connectivity index (χ1) is 17.7. The molecule has 1 aliphatic heterocycles. The molecule has 1 atom stereocenters. The minimum atomic E-state index is -0.159. The lowest BCUT2D eigenvalue weighted by molar-refractivity contribution is 0.402. The topological polar surface area (TPSA) is 70.1 Å². The number of nitrogens with zero attached hydrogens (tertiary/aromatic N) is 6. The zero-order valence-corrected chi connectivity index (χ0v) is 19.8. The highest BCUT2D eigenvalue weighted by molar-refractivity contribution is 5.68. The molecule has 6 aromatic rings. The van der Waals surface area contributed by atoms with Gasteiger partial charge in [-0.3, -0.25) is 0 Å². The molecule has 36 heavy (non-hydrogen) atoms. The molecule has 0 fully saturated rings. The summed E-state index contributed by atoms with van der Waals surface area (Å²) in [6.45, 7) is 4.09. The molecular formula is C29H22N6O. The molecule has 7 heteroatoms. The molecular weight excluding hydrogens is 448 g/mol. The minimum absolute atomic E-state index is 0.159. The maximum Gasteiger partial charge on any atom is 0.230 e. The zero-order chi connectivity index (χ0) is 24.2. The Bertz CT molecular complexity index is 1720. The number of fused-ring (bicyclic) bond motifs is 4. The van der Waals surface area contributed by atoms with Crippen LogP contribution in [0, 0.1) is 13.8 Å². The van der Waals surface area contributed by atoms with Gasteiger partial charge in [0.05, 0.1) is 28.4 Å². The van der Waals surface area contributed by atoms with E-state index in [4.69, 9.17) is 19.9 Å². The van der Waals surface area contributed by atoms with E-state index >= 15 is 0 Å². The van der Waals surface area contributed by atoms with Gasteiger partial charge in [-0.25, -0.2) is 19.2 Å². The van der Waals surface area contributed by atoms with E-state index in [2.05, 4.69) is 48.3 Å². The monoisotopic (exact) mass is 470 g/mol. The van der Waals surface area contributed by atoms with Crippen LogP contribution in [0.4, 0.5) is 0 Å². The molecule has 1 aliphatic rings. The van der Waals surface area contributed by atoms with Gasteiger partial charge in [0.2, 0.25) is 11.8 Å². The summed E-state index contributed by atoms with van der Waals surface area (Å²) in [6, 6.07) is 28.6.